The smallest absolute Gasteiger partial charge is 0.250 e. The van der Waals surface area contributed by atoms with Crippen LogP contribution in [0, 0.1) is 0 Å². The number of hydrogen-bond donors (Lipinski definition) is 2. The Hall–Kier alpha value is -0.430. The molecule has 1 rings (SSSR count). The third-order valence-corrected chi connectivity index (χ3v) is 4.67. The summed E-state index contributed by atoms with van der Waals surface area (Å²) >= 11 is 1.18. The normalized spacial score (nSPS) is 14.1. The molecular weight excluding hydrogens is 222 g/mol. The van der Waals surface area contributed by atoms with Crippen molar-refractivity contribution in [2.45, 2.75) is 23.6 Å². The molecule has 14 heavy (non-hydrogen) atoms. The average Bonchev–Trinajstić information content (AvgIpc) is 2.54. The molecule has 4 nitrogen and oxygen atoms in total. The van der Waals surface area contributed by atoms with Gasteiger partial charge in [-0.25, -0.2) is 13.1 Å². The monoisotopic (exact) mass is 235 g/mol. The van der Waals surface area contributed by atoms with Crippen molar-refractivity contribution in [3.05, 3.63) is 17.5 Å². The van der Waals surface area contributed by atoms with Gasteiger partial charge in [-0.3, -0.25) is 0 Å². The van der Waals surface area contributed by atoms with Crippen LogP contribution in [-0.2, 0) is 10.0 Å². The molecule has 0 aliphatic rings. The molecule has 0 amide bonds. The van der Waals surface area contributed by atoms with E-state index in [1.54, 1.807) is 24.4 Å². The first-order chi connectivity index (χ1) is 6.56. The van der Waals surface area contributed by atoms with Crippen molar-refractivity contribution in [1.82, 2.24) is 4.72 Å². The van der Waals surface area contributed by atoms with E-state index in [0.29, 0.717) is 10.6 Å². The number of hydrogen-bond acceptors (Lipinski definition) is 4. The van der Waals surface area contributed by atoms with Crippen molar-refractivity contribution in [3.8, 4) is 0 Å². The van der Waals surface area contributed by atoms with Crippen LogP contribution in [0.1, 0.15) is 13.3 Å². The van der Waals surface area contributed by atoms with Gasteiger partial charge in [0, 0.05) is 12.6 Å². The molecule has 1 atom stereocenters. The van der Waals surface area contributed by atoms with Crippen LogP contribution in [0.3, 0.4) is 0 Å². The average molecular weight is 235 g/mol. The molecule has 0 aliphatic heterocycles. The molecule has 0 spiro atoms. The molecule has 0 fully saturated rings. The van der Waals surface area contributed by atoms with E-state index >= 15 is 0 Å². The summed E-state index contributed by atoms with van der Waals surface area (Å²) in [6, 6.07) is 3.00. The van der Waals surface area contributed by atoms with E-state index in [4.69, 9.17) is 5.11 Å². The van der Waals surface area contributed by atoms with E-state index in [1.807, 2.05) is 0 Å². The molecule has 0 saturated heterocycles. The molecule has 0 saturated carbocycles. The summed E-state index contributed by atoms with van der Waals surface area (Å²) in [5, 5.41) is 10.3. The van der Waals surface area contributed by atoms with Gasteiger partial charge >= 0.3 is 0 Å². The van der Waals surface area contributed by atoms with Crippen molar-refractivity contribution in [3.63, 3.8) is 0 Å². The Kier molecular flexibility index (Phi) is 4.06. The van der Waals surface area contributed by atoms with Gasteiger partial charge in [0.25, 0.3) is 0 Å². The van der Waals surface area contributed by atoms with Crippen LogP contribution in [0.4, 0.5) is 0 Å². The zero-order chi connectivity index (χ0) is 10.6. The fourth-order valence-electron chi connectivity index (χ4n) is 0.992. The topological polar surface area (TPSA) is 66.4 Å². The zero-order valence-electron chi connectivity index (χ0n) is 7.80. The molecule has 0 aliphatic carbocycles. The van der Waals surface area contributed by atoms with Gasteiger partial charge in [-0.05, 0) is 24.8 Å². The molecule has 2 N–H and O–H groups in total. The van der Waals surface area contributed by atoms with Gasteiger partial charge in [-0.1, -0.05) is 6.07 Å². The highest BCUT2D eigenvalue weighted by atomic mass is 32.2. The Morgan fingerprint density at radius 2 is 2.36 bits per heavy atom. The standard InChI is InChI=1S/C8H13NO3S2/c1-7(4-5-10)9-14(11,12)8-3-2-6-13-8/h2-3,6-7,9-10H,4-5H2,1H3. The third-order valence-electron chi connectivity index (χ3n) is 1.68. The second-order valence-electron chi connectivity index (χ2n) is 2.97. The third kappa shape index (κ3) is 3.06. The lowest BCUT2D eigenvalue weighted by Crippen LogP contribution is -2.32. The van der Waals surface area contributed by atoms with Crippen LogP contribution >= 0.6 is 11.3 Å². The van der Waals surface area contributed by atoms with Crippen molar-refractivity contribution in [2.75, 3.05) is 6.61 Å². The predicted molar refractivity (Wildman–Crippen MR) is 55.8 cm³/mol. The summed E-state index contributed by atoms with van der Waals surface area (Å²) in [4.78, 5) is 0. The Morgan fingerprint density at radius 3 is 2.86 bits per heavy atom. The first-order valence-corrected chi connectivity index (χ1v) is 6.59. The fraction of sp³-hybridized carbons (Fsp3) is 0.500. The van der Waals surface area contributed by atoms with Crippen LogP contribution in [-0.4, -0.2) is 26.2 Å². The van der Waals surface area contributed by atoms with Gasteiger partial charge in [0.1, 0.15) is 4.21 Å². The highest BCUT2D eigenvalue weighted by Gasteiger charge is 2.17. The molecule has 0 aromatic carbocycles. The van der Waals surface area contributed by atoms with Crippen LogP contribution in [0.5, 0.6) is 0 Å². The van der Waals surface area contributed by atoms with E-state index in [0.717, 1.165) is 0 Å². The maximum atomic E-state index is 11.6. The lowest BCUT2D eigenvalue weighted by molar-refractivity contribution is 0.275. The molecule has 1 aromatic rings. The molecule has 1 heterocycles. The van der Waals surface area contributed by atoms with Gasteiger partial charge in [0.2, 0.25) is 10.0 Å². The summed E-state index contributed by atoms with van der Waals surface area (Å²) in [5.74, 6) is 0. The van der Waals surface area contributed by atoms with Crippen molar-refractivity contribution < 1.29 is 13.5 Å². The Balaban J connectivity index is 2.68. The van der Waals surface area contributed by atoms with Gasteiger partial charge in [-0.15, -0.1) is 11.3 Å². The van der Waals surface area contributed by atoms with Gasteiger partial charge in [-0.2, -0.15) is 0 Å². The van der Waals surface area contributed by atoms with Gasteiger partial charge in [0.05, 0.1) is 0 Å². The van der Waals surface area contributed by atoms with Gasteiger partial charge < -0.3 is 5.11 Å². The molecular formula is C8H13NO3S2. The van der Waals surface area contributed by atoms with E-state index in [2.05, 4.69) is 4.72 Å². The van der Waals surface area contributed by atoms with Crippen LogP contribution in [0.15, 0.2) is 21.7 Å². The molecule has 6 heteroatoms. The predicted octanol–water partition coefficient (Wildman–Crippen LogP) is 0.797. The molecule has 1 aromatic heterocycles. The van der Waals surface area contributed by atoms with Crippen LogP contribution < -0.4 is 4.72 Å². The number of thiophene rings is 1. The van der Waals surface area contributed by atoms with Crippen molar-refractivity contribution in [2.24, 2.45) is 0 Å². The first-order valence-electron chi connectivity index (χ1n) is 4.23. The minimum Gasteiger partial charge on any atom is -0.396 e. The highest BCUT2D eigenvalue weighted by Crippen LogP contribution is 2.15. The fourth-order valence-corrected chi connectivity index (χ4v) is 3.28. The lowest BCUT2D eigenvalue weighted by Gasteiger charge is -2.11. The van der Waals surface area contributed by atoms with Gasteiger partial charge in [0.15, 0.2) is 0 Å². The van der Waals surface area contributed by atoms with Crippen LogP contribution in [0.25, 0.3) is 0 Å². The quantitative estimate of drug-likeness (QED) is 0.793. The van der Waals surface area contributed by atoms with E-state index in [-0.39, 0.29) is 12.6 Å². The Bertz CT molecular complexity index is 358. The molecule has 80 valence electrons. The second kappa shape index (κ2) is 4.88. The first kappa shape index (κ1) is 11.6. The highest BCUT2D eigenvalue weighted by molar-refractivity contribution is 7.91. The Morgan fingerprint density at radius 1 is 1.64 bits per heavy atom. The number of aliphatic hydroxyl groups excluding tert-OH is 1. The lowest BCUT2D eigenvalue weighted by atomic mass is 10.3. The Labute approximate surface area is 87.6 Å². The van der Waals surface area contributed by atoms with Crippen molar-refractivity contribution in [1.29, 1.82) is 0 Å². The largest absolute Gasteiger partial charge is 0.396 e. The maximum Gasteiger partial charge on any atom is 0.250 e. The van der Waals surface area contributed by atoms with E-state index in [9.17, 15) is 8.42 Å². The van der Waals surface area contributed by atoms with Crippen molar-refractivity contribution >= 4 is 21.4 Å². The number of rotatable bonds is 5. The summed E-state index contributed by atoms with van der Waals surface area (Å²) in [6.45, 7) is 1.70. The minimum absolute atomic E-state index is 0.0197. The maximum absolute atomic E-state index is 11.6. The number of aliphatic hydroxyl groups is 1. The summed E-state index contributed by atoms with van der Waals surface area (Å²) < 4.78 is 26.0. The summed E-state index contributed by atoms with van der Waals surface area (Å²) in [7, 11) is -3.38. The number of sulfonamides is 1. The SMILES string of the molecule is CC(CCO)NS(=O)(=O)c1cccs1. The van der Waals surface area contributed by atoms with Crippen LogP contribution in [0.2, 0.25) is 0 Å². The minimum atomic E-state index is -3.38. The zero-order valence-corrected chi connectivity index (χ0v) is 9.44. The molecule has 1 unspecified atom stereocenters. The molecule has 0 radical (unpaired) electrons. The number of nitrogens with one attached hydrogen (secondary N) is 1. The molecule has 0 bridgehead atoms. The summed E-state index contributed by atoms with van der Waals surface area (Å²) in [5.41, 5.74) is 0. The van der Waals surface area contributed by atoms with E-state index in [1.165, 1.54) is 11.3 Å². The van der Waals surface area contributed by atoms with E-state index < -0.39 is 10.0 Å². The second-order valence-corrected chi connectivity index (χ2v) is 5.86. The summed E-state index contributed by atoms with van der Waals surface area (Å²) in [6.07, 6.45) is 0.421.